The molecule has 0 radical (unpaired) electrons. The predicted octanol–water partition coefficient (Wildman–Crippen LogP) is 4.38. The van der Waals surface area contributed by atoms with Crippen molar-refractivity contribution in [3.8, 4) is 5.69 Å². The minimum absolute atomic E-state index is 0.132. The highest BCUT2D eigenvalue weighted by atomic mass is 32.2. The van der Waals surface area contributed by atoms with Crippen LogP contribution in [-0.4, -0.2) is 52.5 Å². The van der Waals surface area contributed by atoms with Crippen LogP contribution in [0.3, 0.4) is 0 Å². The molecule has 3 rings (SSSR count). The molecule has 0 saturated carbocycles. The molecule has 0 spiro atoms. The van der Waals surface area contributed by atoms with E-state index in [1.165, 1.54) is 11.1 Å². The zero-order valence-electron chi connectivity index (χ0n) is 18.3. The van der Waals surface area contributed by atoms with Gasteiger partial charge in [-0.2, -0.15) is 5.10 Å². The predicted molar refractivity (Wildman–Crippen MR) is 124 cm³/mol. The Morgan fingerprint density at radius 1 is 1.09 bits per heavy atom. The summed E-state index contributed by atoms with van der Waals surface area (Å²) >= 11 is 1.05. The molecule has 32 heavy (non-hydrogen) atoms. The molecule has 0 fully saturated rings. The van der Waals surface area contributed by atoms with Gasteiger partial charge in [-0.05, 0) is 62.0 Å². The maximum absolute atomic E-state index is 12.8. The molecule has 1 N–H and O–H groups in total. The molecule has 166 valence electrons. The molecule has 8 nitrogen and oxygen atoms in total. The Morgan fingerprint density at radius 3 is 2.44 bits per heavy atom. The molecule has 0 unspecified atom stereocenters. The highest BCUT2D eigenvalue weighted by Crippen LogP contribution is 2.29. The number of aromatic nitrogens is 2. The van der Waals surface area contributed by atoms with Crippen molar-refractivity contribution in [3.63, 3.8) is 0 Å². The first-order valence-electron chi connectivity index (χ1n) is 9.93. The smallest absolute Gasteiger partial charge is 0.341 e. The van der Waals surface area contributed by atoms with Gasteiger partial charge in [-0.25, -0.2) is 9.48 Å². The molecule has 0 atom stereocenters. The van der Waals surface area contributed by atoms with Crippen molar-refractivity contribution in [2.45, 2.75) is 18.7 Å². The van der Waals surface area contributed by atoms with Crippen LogP contribution in [0.4, 0.5) is 10.5 Å². The number of ether oxygens (including phenoxy) is 1. The number of nitrogens with zero attached hydrogens (tertiary/aromatic N) is 3. The maximum atomic E-state index is 12.8. The molecule has 2 aromatic carbocycles. The fourth-order valence-corrected chi connectivity index (χ4v) is 3.62. The van der Waals surface area contributed by atoms with Gasteiger partial charge in [0.2, 0.25) is 0 Å². The van der Waals surface area contributed by atoms with Gasteiger partial charge in [-0.1, -0.05) is 12.1 Å². The molecule has 0 aliphatic rings. The summed E-state index contributed by atoms with van der Waals surface area (Å²) in [5.41, 5.74) is 2.76. The van der Waals surface area contributed by atoms with Crippen molar-refractivity contribution >= 4 is 34.6 Å². The first kappa shape index (κ1) is 23.1. The third-order valence-electron chi connectivity index (χ3n) is 4.58. The fourth-order valence-electron chi connectivity index (χ4n) is 2.87. The van der Waals surface area contributed by atoms with Crippen LogP contribution in [0.5, 0.6) is 0 Å². The number of para-hydroxylation sites is 1. The topological polar surface area (TPSA) is 93.5 Å². The summed E-state index contributed by atoms with van der Waals surface area (Å²) in [6.45, 7) is 3.82. The van der Waals surface area contributed by atoms with E-state index in [0.717, 1.165) is 11.8 Å². The van der Waals surface area contributed by atoms with Crippen LogP contribution in [0, 0.1) is 6.92 Å². The van der Waals surface area contributed by atoms with Gasteiger partial charge in [0, 0.05) is 24.6 Å². The molecular weight excluding hydrogens is 428 g/mol. The Balaban J connectivity index is 1.76. The quantitative estimate of drug-likeness (QED) is 0.441. The Bertz CT molecular complexity index is 1140. The van der Waals surface area contributed by atoms with E-state index in [9.17, 15) is 14.4 Å². The molecule has 1 heterocycles. The average molecular weight is 453 g/mol. The lowest BCUT2D eigenvalue weighted by Crippen LogP contribution is -2.17. The van der Waals surface area contributed by atoms with E-state index in [-0.39, 0.29) is 17.8 Å². The number of carbonyl (C=O) groups excluding carboxylic acids is 3. The summed E-state index contributed by atoms with van der Waals surface area (Å²) in [5.74, 6) is -0.720. The van der Waals surface area contributed by atoms with Gasteiger partial charge in [0.25, 0.3) is 11.1 Å². The van der Waals surface area contributed by atoms with Crippen LogP contribution in [-0.2, 0) is 4.74 Å². The van der Waals surface area contributed by atoms with Crippen molar-refractivity contribution in [2.75, 3.05) is 26.0 Å². The number of nitrogens with one attached hydrogen (secondary N) is 1. The zero-order valence-corrected chi connectivity index (χ0v) is 19.1. The first-order valence-corrected chi connectivity index (χ1v) is 10.7. The molecule has 0 bridgehead atoms. The summed E-state index contributed by atoms with van der Waals surface area (Å²) in [5, 5.41) is 6.99. The summed E-state index contributed by atoms with van der Waals surface area (Å²) in [6, 6.07) is 14.0. The zero-order chi connectivity index (χ0) is 23.3. The molecular formula is C23H24N4O4S. The number of esters is 1. The number of amides is 2. The van der Waals surface area contributed by atoms with Gasteiger partial charge in [0.15, 0.2) is 0 Å². The number of anilines is 1. The van der Waals surface area contributed by atoms with Gasteiger partial charge in [-0.3, -0.25) is 9.59 Å². The number of hydrogen-bond acceptors (Lipinski definition) is 6. The van der Waals surface area contributed by atoms with E-state index in [4.69, 9.17) is 4.74 Å². The summed E-state index contributed by atoms with van der Waals surface area (Å²) in [4.78, 5) is 39.0. The fraction of sp³-hybridized carbons (Fsp3) is 0.217. The molecule has 1 aromatic heterocycles. The second-order valence-electron chi connectivity index (χ2n) is 7.04. The monoisotopic (exact) mass is 452 g/mol. The number of carbonyl (C=O) groups is 3. The van der Waals surface area contributed by atoms with Crippen LogP contribution in [0.15, 0.2) is 59.6 Å². The van der Waals surface area contributed by atoms with Crippen molar-refractivity contribution in [1.82, 2.24) is 14.7 Å². The SMILES string of the molecule is CCOC(=O)c1cnn(-c2ccc(C(=O)Nc3ccccc3SC(=O)N(C)C)cc2)c1C. The van der Waals surface area contributed by atoms with Crippen LogP contribution in [0.25, 0.3) is 5.69 Å². The average Bonchev–Trinajstić information content (AvgIpc) is 3.16. The number of hydrogen-bond donors (Lipinski definition) is 1. The van der Waals surface area contributed by atoms with Crippen molar-refractivity contribution in [2.24, 2.45) is 0 Å². The van der Waals surface area contributed by atoms with E-state index >= 15 is 0 Å². The lowest BCUT2D eigenvalue weighted by atomic mass is 10.2. The number of rotatable bonds is 6. The van der Waals surface area contributed by atoms with Gasteiger partial charge in [0.1, 0.15) is 5.56 Å². The van der Waals surface area contributed by atoms with E-state index in [1.807, 2.05) is 6.07 Å². The van der Waals surface area contributed by atoms with Crippen molar-refractivity contribution in [3.05, 3.63) is 71.5 Å². The number of benzene rings is 2. The van der Waals surface area contributed by atoms with Crippen molar-refractivity contribution < 1.29 is 19.1 Å². The molecule has 9 heteroatoms. The third-order valence-corrected chi connectivity index (χ3v) is 5.69. The van der Waals surface area contributed by atoms with Crippen LogP contribution in [0.1, 0.15) is 33.3 Å². The second kappa shape index (κ2) is 10.1. The van der Waals surface area contributed by atoms with Crippen LogP contribution < -0.4 is 5.32 Å². The summed E-state index contributed by atoms with van der Waals surface area (Å²) in [7, 11) is 3.35. The Labute approximate surface area is 190 Å². The van der Waals surface area contributed by atoms with Crippen LogP contribution >= 0.6 is 11.8 Å². The highest BCUT2D eigenvalue weighted by Gasteiger charge is 2.17. The third kappa shape index (κ3) is 5.17. The van der Waals surface area contributed by atoms with Gasteiger partial charge in [0.05, 0.1) is 29.9 Å². The number of thioether (sulfide) groups is 1. The lowest BCUT2D eigenvalue weighted by molar-refractivity contribution is 0.0525. The normalized spacial score (nSPS) is 10.5. The molecule has 2 amide bonds. The van der Waals surface area contributed by atoms with Crippen molar-refractivity contribution in [1.29, 1.82) is 0 Å². The van der Waals surface area contributed by atoms with Gasteiger partial charge < -0.3 is 15.0 Å². The second-order valence-corrected chi connectivity index (χ2v) is 8.03. The van der Waals surface area contributed by atoms with Gasteiger partial charge >= 0.3 is 5.97 Å². The largest absolute Gasteiger partial charge is 0.462 e. The van der Waals surface area contributed by atoms with E-state index in [2.05, 4.69) is 10.4 Å². The lowest BCUT2D eigenvalue weighted by Gasteiger charge is -2.13. The molecule has 0 saturated heterocycles. The minimum Gasteiger partial charge on any atom is -0.462 e. The molecule has 3 aromatic rings. The Hall–Kier alpha value is -3.59. The Morgan fingerprint density at radius 2 is 1.78 bits per heavy atom. The first-order chi connectivity index (χ1) is 15.3. The van der Waals surface area contributed by atoms with Crippen LogP contribution in [0.2, 0.25) is 0 Å². The molecule has 0 aliphatic heterocycles. The molecule has 0 aliphatic carbocycles. The Kier molecular flexibility index (Phi) is 7.32. The van der Waals surface area contributed by atoms with E-state index in [0.29, 0.717) is 33.1 Å². The summed E-state index contributed by atoms with van der Waals surface area (Å²) in [6.07, 6.45) is 1.47. The van der Waals surface area contributed by atoms with Gasteiger partial charge in [-0.15, -0.1) is 0 Å². The highest BCUT2D eigenvalue weighted by molar-refractivity contribution is 8.13. The maximum Gasteiger partial charge on any atom is 0.341 e. The van der Waals surface area contributed by atoms with E-state index in [1.54, 1.807) is 75.1 Å². The van der Waals surface area contributed by atoms with E-state index < -0.39 is 5.97 Å². The minimum atomic E-state index is -0.420. The summed E-state index contributed by atoms with van der Waals surface area (Å²) < 4.78 is 6.66. The standard InChI is InChI=1S/C23H24N4O4S/c1-5-31-22(29)18-14-24-27(15(18)2)17-12-10-16(11-13-17)21(28)25-19-8-6-7-9-20(19)32-23(30)26(3)4/h6-14H,5H2,1-4H3,(H,25,28).